The highest BCUT2D eigenvalue weighted by Crippen LogP contribution is 2.25. The smallest absolute Gasteiger partial charge is 0.310 e. The standard InChI is InChI=1S/C24H24O8/c1-29-17-9-5-15(6-10-17)23(27)19(13-21(25)31-3)20(14-22(26)32-4)24(28)16-7-11-18(30-2)12-8-16/h5-12H,13-14H2,1-4H3/b20-19+. The molecule has 0 radical (unpaired) electrons. The van der Waals surface area contributed by atoms with E-state index in [2.05, 4.69) is 0 Å². The minimum absolute atomic E-state index is 0.145. The van der Waals surface area contributed by atoms with E-state index in [9.17, 15) is 19.2 Å². The number of Topliss-reactive ketones (excluding diaryl/α,β-unsaturated/α-hetero) is 2. The predicted octanol–water partition coefficient (Wildman–Crippen LogP) is 3.19. The lowest BCUT2D eigenvalue weighted by atomic mass is 9.89. The molecule has 0 atom stereocenters. The van der Waals surface area contributed by atoms with Crippen molar-refractivity contribution in [2.45, 2.75) is 12.8 Å². The van der Waals surface area contributed by atoms with Crippen LogP contribution in [0.15, 0.2) is 59.7 Å². The van der Waals surface area contributed by atoms with Crippen LogP contribution in [0.1, 0.15) is 33.6 Å². The summed E-state index contributed by atoms with van der Waals surface area (Å²) in [5.74, 6) is -1.57. The summed E-state index contributed by atoms with van der Waals surface area (Å²) < 4.78 is 19.6. The minimum atomic E-state index is -0.730. The zero-order valence-electron chi connectivity index (χ0n) is 18.3. The molecule has 168 valence electrons. The van der Waals surface area contributed by atoms with E-state index in [1.807, 2.05) is 0 Å². The maximum atomic E-state index is 13.3. The lowest BCUT2D eigenvalue weighted by molar-refractivity contribution is -0.141. The number of carbonyl (C=O) groups excluding carboxylic acids is 4. The summed E-state index contributed by atoms with van der Waals surface area (Å²) in [5.41, 5.74) is 0.144. The Bertz CT molecular complexity index is 933. The van der Waals surface area contributed by atoms with Crippen LogP contribution in [-0.2, 0) is 19.1 Å². The van der Waals surface area contributed by atoms with E-state index < -0.39 is 36.3 Å². The summed E-state index contributed by atoms with van der Waals surface area (Å²) in [6, 6.07) is 12.3. The lowest BCUT2D eigenvalue weighted by Gasteiger charge is -2.14. The molecule has 0 spiro atoms. The van der Waals surface area contributed by atoms with Gasteiger partial charge in [0.25, 0.3) is 0 Å². The van der Waals surface area contributed by atoms with E-state index in [0.717, 1.165) is 0 Å². The van der Waals surface area contributed by atoms with Gasteiger partial charge in [0.15, 0.2) is 11.6 Å². The number of esters is 2. The van der Waals surface area contributed by atoms with E-state index in [4.69, 9.17) is 18.9 Å². The molecule has 32 heavy (non-hydrogen) atoms. The first-order chi connectivity index (χ1) is 15.3. The van der Waals surface area contributed by atoms with Gasteiger partial charge in [-0.2, -0.15) is 0 Å². The summed E-state index contributed by atoms with van der Waals surface area (Å²) in [6.45, 7) is 0. The van der Waals surface area contributed by atoms with Gasteiger partial charge in [0.2, 0.25) is 0 Å². The van der Waals surface area contributed by atoms with Crippen molar-refractivity contribution >= 4 is 23.5 Å². The average Bonchev–Trinajstić information content (AvgIpc) is 2.84. The molecule has 0 saturated carbocycles. The predicted molar refractivity (Wildman–Crippen MR) is 115 cm³/mol. The summed E-state index contributed by atoms with van der Waals surface area (Å²) in [7, 11) is 5.31. The third-order valence-electron chi connectivity index (χ3n) is 4.71. The first-order valence-corrected chi connectivity index (χ1v) is 9.57. The molecule has 0 saturated heterocycles. The molecule has 0 aliphatic carbocycles. The Morgan fingerprint density at radius 3 is 1.12 bits per heavy atom. The van der Waals surface area contributed by atoms with Gasteiger partial charge >= 0.3 is 11.9 Å². The highest BCUT2D eigenvalue weighted by Gasteiger charge is 2.27. The van der Waals surface area contributed by atoms with Crippen LogP contribution in [0.4, 0.5) is 0 Å². The van der Waals surface area contributed by atoms with Gasteiger partial charge in [-0.3, -0.25) is 19.2 Å². The fourth-order valence-electron chi connectivity index (χ4n) is 2.91. The van der Waals surface area contributed by atoms with Crippen LogP contribution in [0.5, 0.6) is 11.5 Å². The maximum absolute atomic E-state index is 13.3. The Balaban J connectivity index is 2.63. The van der Waals surface area contributed by atoms with E-state index in [1.54, 1.807) is 24.3 Å². The van der Waals surface area contributed by atoms with Gasteiger partial charge in [0.05, 0.1) is 41.3 Å². The molecule has 0 heterocycles. The number of hydrogen-bond donors (Lipinski definition) is 0. The zero-order chi connectivity index (χ0) is 23.7. The molecule has 0 N–H and O–H groups in total. The summed E-state index contributed by atoms with van der Waals surface area (Å²) in [4.78, 5) is 50.8. The molecule has 0 unspecified atom stereocenters. The fourth-order valence-corrected chi connectivity index (χ4v) is 2.91. The van der Waals surface area contributed by atoms with Crippen LogP contribution in [0.3, 0.4) is 0 Å². The van der Waals surface area contributed by atoms with Crippen molar-refractivity contribution in [2.75, 3.05) is 28.4 Å². The molecular formula is C24H24O8. The van der Waals surface area contributed by atoms with Gasteiger partial charge < -0.3 is 18.9 Å². The number of benzene rings is 2. The molecule has 2 aromatic rings. The second-order valence-electron chi connectivity index (χ2n) is 6.58. The molecule has 8 heteroatoms. The molecule has 8 nitrogen and oxygen atoms in total. The first kappa shape index (κ1) is 24.3. The number of methoxy groups -OCH3 is 4. The van der Waals surface area contributed by atoms with Gasteiger partial charge in [-0.25, -0.2) is 0 Å². The van der Waals surface area contributed by atoms with Crippen molar-refractivity contribution in [3.05, 3.63) is 70.8 Å². The Kier molecular flexibility index (Phi) is 8.71. The highest BCUT2D eigenvalue weighted by atomic mass is 16.5. The summed E-state index contributed by atoms with van der Waals surface area (Å²) in [6.07, 6.45) is -0.981. The molecule has 2 rings (SSSR count). The lowest BCUT2D eigenvalue weighted by Crippen LogP contribution is -2.19. The fraction of sp³-hybridized carbons (Fsp3) is 0.250. The monoisotopic (exact) mass is 440 g/mol. The molecule has 0 amide bonds. The van der Waals surface area contributed by atoms with Gasteiger partial charge in [-0.15, -0.1) is 0 Å². The SMILES string of the molecule is COC(=O)C/C(C(=O)c1ccc(OC)cc1)=C(/CC(=O)OC)C(=O)c1ccc(OC)cc1. The van der Waals surface area contributed by atoms with E-state index in [0.29, 0.717) is 11.5 Å². The van der Waals surface area contributed by atoms with E-state index in [-0.39, 0.29) is 22.3 Å². The second kappa shape index (κ2) is 11.5. The van der Waals surface area contributed by atoms with E-state index in [1.165, 1.54) is 52.7 Å². The largest absolute Gasteiger partial charge is 0.497 e. The van der Waals surface area contributed by atoms with Gasteiger partial charge in [-0.1, -0.05) is 0 Å². The Morgan fingerprint density at radius 2 is 0.875 bits per heavy atom. The quantitative estimate of drug-likeness (QED) is 0.315. The number of carbonyl (C=O) groups is 4. The highest BCUT2D eigenvalue weighted by molar-refractivity contribution is 6.20. The van der Waals surface area contributed by atoms with Crippen molar-refractivity contribution in [1.29, 1.82) is 0 Å². The summed E-state index contributed by atoms with van der Waals surface area (Å²) >= 11 is 0. The summed E-state index contributed by atoms with van der Waals surface area (Å²) in [5, 5.41) is 0. The van der Waals surface area contributed by atoms with Crippen molar-refractivity contribution in [1.82, 2.24) is 0 Å². The Hall–Kier alpha value is -3.94. The number of rotatable bonds is 10. The third kappa shape index (κ3) is 6.04. The second-order valence-corrected chi connectivity index (χ2v) is 6.58. The van der Waals surface area contributed by atoms with Crippen LogP contribution in [0.2, 0.25) is 0 Å². The molecular weight excluding hydrogens is 416 g/mol. The molecule has 0 bridgehead atoms. The Morgan fingerprint density at radius 1 is 0.562 bits per heavy atom. The molecule has 0 aromatic heterocycles. The van der Waals surface area contributed by atoms with Crippen LogP contribution in [0.25, 0.3) is 0 Å². The van der Waals surface area contributed by atoms with Crippen molar-refractivity contribution in [2.24, 2.45) is 0 Å². The minimum Gasteiger partial charge on any atom is -0.497 e. The average molecular weight is 440 g/mol. The van der Waals surface area contributed by atoms with Crippen LogP contribution < -0.4 is 9.47 Å². The molecule has 0 aliphatic rings. The molecule has 0 fully saturated rings. The number of ether oxygens (including phenoxy) is 4. The van der Waals surface area contributed by atoms with Gasteiger partial charge in [0, 0.05) is 22.3 Å². The number of hydrogen-bond acceptors (Lipinski definition) is 8. The zero-order valence-corrected chi connectivity index (χ0v) is 18.3. The first-order valence-electron chi connectivity index (χ1n) is 9.57. The topological polar surface area (TPSA) is 105 Å². The van der Waals surface area contributed by atoms with E-state index >= 15 is 0 Å². The third-order valence-corrected chi connectivity index (χ3v) is 4.71. The van der Waals surface area contributed by atoms with Crippen molar-refractivity contribution in [3.8, 4) is 11.5 Å². The van der Waals surface area contributed by atoms with Crippen molar-refractivity contribution in [3.63, 3.8) is 0 Å². The van der Waals surface area contributed by atoms with Crippen molar-refractivity contribution < 1.29 is 38.1 Å². The van der Waals surface area contributed by atoms with Gasteiger partial charge in [-0.05, 0) is 48.5 Å². The maximum Gasteiger partial charge on any atom is 0.310 e. The number of ketones is 2. The molecule has 2 aromatic carbocycles. The van der Waals surface area contributed by atoms with Crippen LogP contribution in [0, 0.1) is 0 Å². The van der Waals surface area contributed by atoms with Gasteiger partial charge in [0.1, 0.15) is 11.5 Å². The molecule has 0 aliphatic heterocycles. The Labute approximate surface area is 185 Å². The van der Waals surface area contributed by atoms with Crippen LogP contribution in [-0.4, -0.2) is 51.9 Å². The normalized spacial score (nSPS) is 11.1. The van der Waals surface area contributed by atoms with Crippen LogP contribution >= 0.6 is 0 Å².